The molecule has 0 aromatic rings. The van der Waals surface area contributed by atoms with E-state index in [1.165, 1.54) is 19.3 Å². The third-order valence-corrected chi connectivity index (χ3v) is 2.54. The molecule has 0 heterocycles. The number of aliphatic hydroxyl groups excluding tert-OH is 1. The first-order valence-corrected chi connectivity index (χ1v) is 4.19. The topological polar surface area (TPSA) is 46.2 Å². The normalized spacial score (nSPS) is 25.5. The molecule has 1 saturated carbocycles. The predicted molar refractivity (Wildman–Crippen MR) is 41.6 cm³/mol. The lowest BCUT2D eigenvalue weighted by atomic mass is 9.78. The van der Waals surface area contributed by atoms with Gasteiger partial charge in [-0.25, -0.2) is 0 Å². The molecule has 3 N–H and O–H groups in total. The van der Waals surface area contributed by atoms with Crippen LogP contribution in [0, 0.1) is 5.92 Å². The summed E-state index contributed by atoms with van der Waals surface area (Å²) in [5.41, 5.74) is 5.68. The van der Waals surface area contributed by atoms with Crippen molar-refractivity contribution in [3.63, 3.8) is 0 Å². The van der Waals surface area contributed by atoms with E-state index in [0.29, 0.717) is 5.92 Å². The molecule has 2 unspecified atom stereocenters. The standard InChI is InChI=1S/C8H17NO/c1-2-7(9)8(10)6-4-3-5-6/h6-8,10H,2-5,9H2,1H3. The van der Waals surface area contributed by atoms with E-state index in [0.717, 1.165) is 6.42 Å². The molecule has 10 heavy (non-hydrogen) atoms. The molecule has 0 aromatic heterocycles. The molecule has 60 valence electrons. The summed E-state index contributed by atoms with van der Waals surface area (Å²) in [7, 11) is 0. The molecule has 0 aliphatic heterocycles. The highest BCUT2D eigenvalue weighted by Crippen LogP contribution is 2.30. The van der Waals surface area contributed by atoms with Gasteiger partial charge in [0, 0.05) is 6.04 Å². The SMILES string of the molecule is CCC(N)C(O)C1CCC1. The number of rotatable bonds is 3. The van der Waals surface area contributed by atoms with Crippen LogP contribution in [0.1, 0.15) is 32.6 Å². The second-order valence-corrected chi connectivity index (χ2v) is 3.25. The Kier molecular flexibility index (Phi) is 2.69. The van der Waals surface area contributed by atoms with Gasteiger partial charge >= 0.3 is 0 Å². The third kappa shape index (κ3) is 1.50. The fourth-order valence-corrected chi connectivity index (χ4v) is 1.37. The van der Waals surface area contributed by atoms with Crippen LogP contribution in [-0.4, -0.2) is 17.3 Å². The molecule has 0 spiro atoms. The van der Waals surface area contributed by atoms with Crippen molar-refractivity contribution >= 4 is 0 Å². The smallest absolute Gasteiger partial charge is 0.0719 e. The summed E-state index contributed by atoms with van der Waals surface area (Å²) in [4.78, 5) is 0. The monoisotopic (exact) mass is 143 g/mol. The maximum atomic E-state index is 9.51. The van der Waals surface area contributed by atoms with Crippen molar-refractivity contribution in [2.45, 2.75) is 44.8 Å². The molecule has 2 nitrogen and oxygen atoms in total. The molecule has 1 aliphatic rings. The van der Waals surface area contributed by atoms with E-state index in [9.17, 15) is 5.11 Å². The summed E-state index contributed by atoms with van der Waals surface area (Å²) >= 11 is 0. The maximum absolute atomic E-state index is 9.51. The van der Waals surface area contributed by atoms with Gasteiger partial charge in [0.2, 0.25) is 0 Å². The van der Waals surface area contributed by atoms with Crippen molar-refractivity contribution in [3.8, 4) is 0 Å². The number of hydrogen-bond acceptors (Lipinski definition) is 2. The molecule has 0 saturated heterocycles. The van der Waals surface area contributed by atoms with Gasteiger partial charge in [0.05, 0.1) is 6.10 Å². The Balaban J connectivity index is 2.24. The second-order valence-electron chi connectivity index (χ2n) is 3.25. The zero-order valence-corrected chi connectivity index (χ0v) is 6.59. The summed E-state index contributed by atoms with van der Waals surface area (Å²) in [5.74, 6) is 0.509. The highest BCUT2D eigenvalue weighted by molar-refractivity contribution is 4.83. The molecule has 1 rings (SSSR count). The quantitative estimate of drug-likeness (QED) is 0.616. The van der Waals surface area contributed by atoms with Crippen molar-refractivity contribution in [3.05, 3.63) is 0 Å². The van der Waals surface area contributed by atoms with Crippen molar-refractivity contribution in [2.75, 3.05) is 0 Å². The van der Waals surface area contributed by atoms with E-state index in [1.807, 2.05) is 6.92 Å². The van der Waals surface area contributed by atoms with E-state index in [4.69, 9.17) is 5.73 Å². The minimum atomic E-state index is -0.237. The average Bonchev–Trinajstić information content (AvgIpc) is 1.82. The minimum Gasteiger partial charge on any atom is -0.391 e. The van der Waals surface area contributed by atoms with Gasteiger partial charge in [-0.2, -0.15) is 0 Å². The van der Waals surface area contributed by atoms with E-state index >= 15 is 0 Å². The van der Waals surface area contributed by atoms with Crippen LogP contribution in [0.4, 0.5) is 0 Å². The first kappa shape index (κ1) is 8.02. The van der Waals surface area contributed by atoms with Crippen molar-refractivity contribution in [1.82, 2.24) is 0 Å². The molecule has 2 atom stereocenters. The van der Waals surface area contributed by atoms with E-state index in [1.54, 1.807) is 0 Å². The van der Waals surface area contributed by atoms with Gasteiger partial charge in [0.15, 0.2) is 0 Å². The van der Waals surface area contributed by atoms with E-state index in [-0.39, 0.29) is 12.1 Å². The second kappa shape index (κ2) is 3.35. The zero-order chi connectivity index (χ0) is 7.56. The number of aliphatic hydroxyl groups is 1. The Morgan fingerprint density at radius 1 is 1.60 bits per heavy atom. The van der Waals surface area contributed by atoms with Gasteiger partial charge in [-0.1, -0.05) is 13.3 Å². The molecular weight excluding hydrogens is 126 g/mol. The van der Waals surface area contributed by atoms with Gasteiger partial charge in [-0.05, 0) is 25.2 Å². The Labute approximate surface area is 62.4 Å². The fourth-order valence-electron chi connectivity index (χ4n) is 1.37. The minimum absolute atomic E-state index is 0.00491. The van der Waals surface area contributed by atoms with Gasteiger partial charge < -0.3 is 10.8 Å². The summed E-state index contributed by atoms with van der Waals surface area (Å²) in [5, 5.41) is 9.51. The first-order valence-electron chi connectivity index (χ1n) is 4.19. The van der Waals surface area contributed by atoms with Crippen LogP contribution in [0.3, 0.4) is 0 Å². The van der Waals surface area contributed by atoms with E-state index < -0.39 is 0 Å². The Morgan fingerprint density at radius 2 is 2.20 bits per heavy atom. The molecule has 0 radical (unpaired) electrons. The lowest BCUT2D eigenvalue weighted by Gasteiger charge is -2.33. The molecular formula is C8H17NO. The van der Waals surface area contributed by atoms with Crippen LogP contribution in [0.5, 0.6) is 0 Å². The van der Waals surface area contributed by atoms with Crippen molar-refractivity contribution in [2.24, 2.45) is 11.7 Å². The van der Waals surface area contributed by atoms with Crippen molar-refractivity contribution in [1.29, 1.82) is 0 Å². The Bertz CT molecular complexity index is 96.7. The van der Waals surface area contributed by atoms with Gasteiger partial charge in [0.1, 0.15) is 0 Å². The molecule has 1 fully saturated rings. The van der Waals surface area contributed by atoms with Crippen LogP contribution in [-0.2, 0) is 0 Å². The lowest BCUT2D eigenvalue weighted by Crippen LogP contribution is -2.41. The van der Waals surface area contributed by atoms with Crippen LogP contribution < -0.4 is 5.73 Å². The highest BCUT2D eigenvalue weighted by Gasteiger charge is 2.28. The summed E-state index contributed by atoms with van der Waals surface area (Å²) in [6.45, 7) is 2.02. The van der Waals surface area contributed by atoms with Gasteiger partial charge in [-0.15, -0.1) is 0 Å². The highest BCUT2D eigenvalue weighted by atomic mass is 16.3. The zero-order valence-electron chi connectivity index (χ0n) is 6.59. The number of hydrogen-bond donors (Lipinski definition) is 2. The molecule has 2 heteroatoms. The average molecular weight is 143 g/mol. The maximum Gasteiger partial charge on any atom is 0.0719 e. The molecule has 0 amide bonds. The summed E-state index contributed by atoms with van der Waals surface area (Å²) in [6, 6.07) is 0.00491. The van der Waals surface area contributed by atoms with Gasteiger partial charge in [-0.3, -0.25) is 0 Å². The third-order valence-electron chi connectivity index (χ3n) is 2.54. The Hall–Kier alpha value is -0.0800. The first-order chi connectivity index (χ1) is 4.75. The fraction of sp³-hybridized carbons (Fsp3) is 1.00. The molecule has 0 bridgehead atoms. The molecule has 0 aromatic carbocycles. The summed E-state index contributed by atoms with van der Waals surface area (Å²) < 4.78 is 0. The van der Waals surface area contributed by atoms with Crippen LogP contribution in [0.2, 0.25) is 0 Å². The van der Waals surface area contributed by atoms with Crippen LogP contribution in [0.15, 0.2) is 0 Å². The Morgan fingerprint density at radius 3 is 2.50 bits per heavy atom. The summed E-state index contributed by atoms with van der Waals surface area (Å²) in [6.07, 6.45) is 4.28. The van der Waals surface area contributed by atoms with Crippen LogP contribution >= 0.6 is 0 Å². The predicted octanol–water partition coefficient (Wildman–Crippen LogP) is 0.885. The van der Waals surface area contributed by atoms with Gasteiger partial charge in [0.25, 0.3) is 0 Å². The van der Waals surface area contributed by atoms with E-state index in [2.05, 4.69) is 0 Å². The van der Waals surface area contributed by atoms with Crippen molar-refractivity contribution < 1.29 is 5.11 Å². The number of nitrogens with two attached hydrogens (primary N) is 1. The van der Waals surface area contributed by atoms with Crippen LogP contribution in [0.25, 0.3) is 0 Å². The lowest BCUT2D eigenvalue weighted by molar-refractivity contribution is 0.0408. The largest absolute Gasteiger partial charge is 0.391 e. The molecule has 1 aliphatic carbocycles.